The number of hydrazone groups is 1. The zero-order chi connectivity index (χ0) is 15.2. The van der Waals surface area contributed by atoms with Gasteiger partial charge in [0.05, 0.1) is 18.0 Å². The highest BCUT2D eigenvalue weighted by atomic mass is 16.7. The van der Waals surface area contributed by atoms with Crippen molar-refractivity contribution in [2.75, 3.05) is 18.2 Å². The number of benzene rings is 1. The first-order valence-corrected chi connectivity index (χ1v) is 6.44. The van der Waals surface area contributed by atoms with Crippen LogP contribution in [0.1, 0.15) is 13.8 Å². The molecule has 1 amide bonds. The highest BCUT2D eigenvalue weighted by Gasteiger charge is 2.31. The largest absolute Gasteiger partial charge is 0.463 e. The number of nitrogens with zero attached hydrogens (tertiary/aromatic N) is 3. The maximum Gasteiger partial charge on any atom is 0.347 e. The van der Waals surface area contributed by atoms with Crippen LogP contribution in [0.15, 0.2) is 40.6 Å². The van der Waals surface area contributed by atoms with E-state index in [1.54, 1.807) is 38.1 Å². The van der Waals surface area contributed by atoms with Gasteiger partial charge in [0.15, 0.2) is 5.71 Å². The number of anilines is 1. The third-order valence-electron chi connectivity index (χ3n) is 2.63. The number of rotatable bonds is 5. The molecule has 1 aromatic carbocycles. The van der Waals surface area contributed by atoms with E-state index >= 15 is 0 Å². The monoisotopic (exact) mass is 289 g/mol. The molecule has 0 N–H and O–H groups in total. The van der Waals surface area contributed by atoms with Crippen molar-refractivity contribution in [1.82, 2.24) is 0 Å². The minimum absolute atomic E-state index is 0.0724. The Morgan fingerprint density at radius 2 is 2.05 bits per heavy atom. The van der Waals surface area contributed by atoms with E-state index in [-0.39, 0.29) is 18.9 Å². The normalized spacial score (nSPS) is 16.1. The smallest absolute Gasteiger partial charge is 0.347 e. The maximum absolute atomic E-state index is 12.2. The second kappa shape index (κ2) is 6.65. The first-order chi connectivity index (χ1) is 10.1. The zero-order valence-corrected chi connectivity index (χ0v) is 11.8. The lowest BCUT2D eigenvalue weighted by molar-refractivity contribution is -0.148. The summed E-state index contributed by atoms with van der Waals surface area (Å²) < 4.78 is 4.69. The molecule has 2 rings (SSSR count). The molecule has 0 aliphatic carbocycles. The van der Waals surface area contributed by atoms with Crippen LogP contribution in [0, 0.1) is 0 Å². The summed E-state index contributed by atoms with van der Waals surface area (Å²) in [6, 6.07) is 8.98. The molecule has 0 saturated heterocycles. The van der Waals surface area contributed by atoms with E-state index in [0.717, 1.165) is 0 Å². The van der Waals surface area contributed by atoms with Gasteiger partial charge in [-0.05, 0) is 26.0 Å². The average molecular weight is 289 g/mol. The molecule has 7 nitrogen and oxygen atoms in total. The van der Waals surface area contributed by atoms with Crippen molar-refractivity contribution in [3.8, 4) is 0 Å². The van der Waals surface area contributed by atoms with Gasteiger partial charge in [-0.3, -0.25) is 4.79 Å². The van der Waals surface area contributed by atoms with Gasteiger partial charge in [0, 0.05) is 0 Å². The van der Waals surface area contributed by atoms with E-state index in [9.17, 15) is 9.59 Å². The van der Waals surface area contributed by atoms with E-state index in [1.807, 2.05) is 6.07 Å². The quantitative estimate of drug-likeness (QED) is 0.605. The van der Waals surface area contributed by atoms with Crippen molar-refractivity contribution in [3.63, 3.8) is 0 Å². The van der Waals surface area contributed by atoms with Gasteiger partial charge in [0.2, 0.25) is 6.61 Å². The summed E-state index contributed by atoms with van der Waals surface area (Å²) >= 11 is 0. The molecule has 0 saturated carbocycles. The van der Waals surface area contributed by atoms with Crippen LogP contribution in [0.5, 0.6) is 0 Å². The van der Waals surface area contributed by atoms with E-state index in [1.165, 1.54) is 5.01 Å². The van der Waals surface area contributed by atoms with Crippen LogP contribution in [-0.4, -0.2) is 36.5 Å². The Hall–Kier alpha value is -2.70. The lowest BCUT2D eigenvalue weighted by atomic mass is 10.2. The molecule has 1 heterocycles. The van der Waals surface area contributed by atoms with Crippen LogP contribution in [0.25, 0.3) is 0 Å². The van der Waals surface area contributed by atoms with E-state index < -0.39 is 11.9 Å². The predicted molar refractivity (Wildman–Crippen MR) is 77.1 cm³/mol. The van der Waals surface area contributed by atoms with Gasteiger partial charge in [-0.1, -0.05) is 23.4 Å². The van der Waals surface area contributed by atoms with Gasteiger partial charge in [-0.15, -0.1) is 0 Å². The number of hydrogen-bond acceptors (Lipinski definition) is 6. The minimum atomic E-state index is -0.540. The molecule has 0 spiro atoms. The van der Waals surface area contributed by atoms with Gasteiger partial charge in [-0.2, -0.15) is 10.1 Å². The van der Waals surface area contributed by atoms with Crippen molar-refractivity contribution in [2.24, 2.45) is 10.3 Å². The molecule has 1 aliphatic heterocycles. The molecule has 0 radical (unpaired) electrons. The van der Waals surface area contributed by atoms with Crippen LogP contribution in [0.2, 0.25) is 0 Å². The first-order valence-electron chi connectivity index (χ1n) is 6.44. The van der Waals surface area contributed by atoms with E-state index in [0.29, 0.717) is 11.4 Å². The van der Waals surface area contributed by atoms with Crippen LogP contribution in [0.4, 0.5) is 5.69 Å². The fraction of sp³-hybridized carbons (Fsp3) is 0.286. The third-order valence-corrected chi connectivity index (χ3v) is 2.63. The van der Waals surface area contributed by atoms with E-state index in [4.69, 9.17) is 9.57 Å². The third kappa shape index (κ3) is 3.44. The van der Waals surface area contributed by atoms with Crippen molar-refractivity contribution in [3.05, 3.63) is 30.3 Å². The lowest BCUT2D eigenvalue weighted by Crippen LogP contribution is -2.27. The van der Waals surface area contributed by atoms with E-state index in [2.05, 4.69) is 10.3 Å². The second-order valence-corrected chi connectivity index (χ2v) is 4.16. The molecular weight excluding hydrogens is 274 g/mol. The highest BCUT2D eigenvalue weighted by molar-refractivity contribution is 6.71. The Bertz CT molecular complexity index is 595. The molecule has 21 heavy (non-hydrogen) atoms. The van der Waals surface area contributed by atoms with Gasteiger partial charge in [0.1, 0.15) is 0 Å². The lowest BCUT2D eigenvalue weighted by Gasteiger charge is -2.10. The molecule has 1 aromatic rings. The molecule has 0 aromatic heterocycles. The van der Waals surface area contributed by atoms with Crippen molar-refractivity contribution in [2.45, 2.75) is 13.8 Å². The molecule has 0 atom stereocenters. The number of hydrogen-bond donors (Lipinski definition) is 0. The Morgan fingerprint density at radius 3 is 2.71 bits per heavy atom. The number of oxime groups is 1. The Kier molecular flexibility index (Phi) is 4.65. The topological polar surface area (TPSA) is 80.6 Å². The minimum Gasteiger partial charge on any atom is -0.463 e. The van der Waals surface area contributed by atoms with Crippen LogP contribution in [-0.2, 0) is 19.2 Å². The molecule has 0 bridgehead atoms. The van der Waals surface area contributed by atoms with Crippen molar-refractivity contribution in [1.29, 1.82) is 0 Å². The fourth-order valence-corrected chi connectivity index (χ4v) is 1.70. The van der Waals surface area contributed by atoms with Crippen LogP contribution in [0.3, 0.4) is 0 Å². The molecule has 110 valence electrons. The average Bonchev–Trinajstić information content (AvgIpc) is 2.76. The number of carbonyl (C=O) groups excluding carboxylic acids is 2. The molecule has 0 unspecified atom stereocenters. The fourth-order valence-electron chi connectivity index (χ4n) is 1.70. The van der Waals surface area contributed by atoms with Gasteiger partial charge in [0.25, 0.3) is 0 Å². The number of ether oxygens (including phenoxy) is 1. The number of para-hydroxylation sites is 1. The number of carbonyl (C=O) groups is 2. The summed E-state index contributed by atoms with van der Waals surface area (Å²) in [6.07, 6.45) is 0. The zero-order valence-electron chi connectivity index (χ0n) is 11.8. The first kappa shape index (κ1) is 14.7. The Morgan fingerprint density at radius 1 is 1.33 bits per heavy atom. The van der Waals surface area contributed by atoms with Crippen LogP contribution >= 0.6 is 0 Å². The van der Waals surface area contributed by atoms with Gasteiger partial charge < -0.3 is 9.57 Å². The standard InChI is InChI=1S/C14H15N3O4/c1-3-20-12(18)9-21-16-13-10(2)15-17(14(13)19)11-7-5-4-6-8-11/h4-8H,3,9H2,1-2H3. The summed E-state index contributed by atoms with van der Waals surface area (Å²) in [6.45, 7) is 3.26. The summed E-state index contributed by atoms with van der Waals surface area (Å²) in [5.41, 5.74) is 1.13. The Balaban J connectivity index is 2.05. The van der Waals surface area contributed by atoms with Crippen molar-refractivity contribution >= 4 is 29.0 Å². The molecule has 7 heteroatoms. The van der Waals surface area contributed by atoms with Crippen molar-refractivity contribution < 1.29 is 19.2 Å². The number of esters is 1. The molecule has 1 aliphatic rings. The summed E-state index contributed by atoms with van der Waals surface area (Å²) in [4.78, 5) is 28.2. The highest BCUT2D eigenvalue weighted by Crippen LogP contribution is 2.18. The Labute approximate surface area is 121 Å². The molecular formula is C14H15N3O4. The van der Waals surface area contributed by atoms with Gasteiger partial charge >= 0.3 is 11.9 Å². The maximum atomic E-state index is 12.2. The van der Waals surface area contributed by atoms with Crippen LogP contribution < -0.4 is 5.01 Å². The summed E-state index contributed by atoms with van der Waals surface area (Å²) in [5, 5.41) is 9.04. The summed E-state index contributed by atoms with van der Waals surface area (Å²) in [7, 11) is 0. The number of amides is 1. The summed E-state index contributed by atoms with van der Waals surface area (Å²) in [5.74, 6) is -0.940. The second-order valence-electron chi connectivity index (χ2n) is 4.16. The van der Waals surface area contributed by atoms with Gasteiger partial charge in [-0.25, -0.2) is 4.79 Å². The SMILES string of the molecule is CCOC(=O)CON=C1C(=O)N(c2ccccc2)N=C1C. The molecule has 0 fully saturated rings. The predicted octanol–water partition coefficient (Wildman–Crippen LogP) is 1.34.